The van der Waals surface area contributed by atoms with Gasteiger partial charge in [-0.05, 0) is 0 Å². The van der Waals surface area contributed by atoms with E-state index in [1.807, 2.05) is 0 Å². The third kappa shape index (κ3) is 5.45. The number of carbonyl (C=O) groups excluding carboxylic acids is 1. The van der Waals surface area contributed by atoms with Crippen LogP contribution in [0.4, 0.5) is 0 Å². The van der Waals surface area contributed by atoms with Crippen molar-refractivity contribution in [2.45, 2.75) is 0 Å². The third-order valence-electron chi connectivity index (χ3n) is 0.463. The highest BCUT2D eigenvalue weighted by Crippen LogP contribution is 2.33. The van der Waals surface area contributed by atoms with Crippen LogP contribution in [0.15, 0.2) is 0 Å². The van der Waals surface area contributed by atoms with Gasteiger partial charge in [-0.2, -0.15) is 5.48 Å². The molecule has 0 bridgehead atoms. The number of hydroxylamine groups is 1. The molecular formula is C2H5NO5P. The van der Waals surface area contributed by atoms with Gasteiger partial charge in [-0.1, -0.05) is 5.21 Å². The summed E-state index contributed by atoms with van der Waals surface area (Å²) >= 11 is 0. The van der Waals surface area contributed by atoms with Gasteiger partial charge in [0.05, 0.1) is 0 Å². The maximum absolute atomic E-state index is 9.91. The van der Waals surface area contributed by atoms with E-state index in [0.29, 0.717) is 0 Å². The smallest absolute Gasteiger partial charge is 0.324 e. The van der Waals surface area contributed by atoms with E-state index in [0.717, 1.165) is 5.48 Å². The highest BCUT2D eigenvalue weighted by atomic mass is 31.2. The maximum Gasteiger partial charge on any atom is 0.334 e. The molecule has 0 aliphatic rings. The van der Waals surface area contributed by atoms with Gasteiger partial charge in [0, 0.05) is 0 Å². The minimum Gasteiger partial charge on any atom is -0.324 e. The Kier molecular flexibility index (Phi) is 2.80. The van der Waals surface area contributed by atoms with Crippen LogP contribution in [0.2, 0.25) is 0 Å². The van der Waals surface area contributed by atoms with Gasteiger partial charge in [-0.25, -0.2) is 0 Å². The number of carbonyl (C=O) groups is 1. The Labute approximate surface area is 50.6 Å². The molecule has 0 aliphatic heterocycles. The predicted octanol–water partition coefficient (Wildman–Crippen LogP) is -1.37. The minimum absolute atomic E-state index is 0.840. The molecule has 0 saturated heterocycles. The maximum atomic E-state index is 9.91. The monoisotopic (exact) mass is 154 g/mol. The van der Waals surface area contributed by atoms with Crippen LogP contribution in [-0.4, -0.2) is 21.9 Å². The van der Waals surface area contributed by atoms with E-state index in [1.54, 1.807) is 0 Å². The second kappa shape index (κ2) is 2.93. The van der Waals surface area contributed by atoms with E-state index in [2.05, 4.69) is 0 Å². The highest BCUT2D eigenvalue weighted by Gasteiger charge is 2.18. The summed E-state index contributed by atoms with van der Waals surface area (Å²) in [6.45, 7) is 0. The minimum atomic E-state index is -4.35. The molecule has 7 heteroatoms. The fourth-order valence-electron chi connectivity index (χ4n) is 0.219. The topological polar surface area (TPSA) is 107 Å². The van der Waals surface area contributed by atoms with Gasteiger partial charge in [-0.15, -0.1) is 0 Å². The van der Waals surface area contributed by atoms with E-state index in [4.69, 9.17) is 9.79 Å². The normalized spacial score (nSPS) is 11.0. The molecule has 3 N–H and O–H groups in total. The average molecular weight is 154 g/mol. The van der Waals surface area contributed by atoms with Crippen LogP contribution in [0.1, 0.15) is 0 Å². The lowest BCUT2D eigenvalue weighted by atomic mass is 10.8. The average Bonchev–Trinajstić information content (AvgIpc) is 1.62. The highest BCUT2D eigenvalue weighted by molar-refractivity contribution is 7.52. The molecule has 1 radical (unpaired) electrons. The first-order valence-electron chi connectivity index (χ1n) is 1.91. The zero-order chi connectivity index (χ0) is 7.49. The molecule has 1 amide bonds. The molecule has 0 fully saturated rings. The molecule has 0 atom stereocenters. The van der Waals surface area contributed by atoms with E-state index in [1.165, 1.54) is 0 Å². The van der Waals surface area contributed by atoms with Crippen molar-refractivity contribution in [3.8, 4) is 0 Å². The van der Waals surface area contributed by atoms with Crippen LogP contribution in [0.5, 0.6) is 0 Å². The SMILES string of the molecule is [O]NC(=O)CP(=O)(O)O. The molecule has 53 valence electrons. The van der Waals surface area contributed by atoms with Crippen molar-refractivity contribution in [2.24, 2.45) is 0 Å². The van der Waals surface area contributed by atoms with Crippen molar-refractivity contribution in [3.63, 3.8) is 0 Å². The molecule has 0 rings (SSSR count). The standard InChI is InChI=1S/C2H5NO5P/c4-2(3-5)1-9(6,7)8/h1H2,(H,3,4)(H2,6,7,8). The number of hydrogen-bond donors (Lipinski definition) is 3. The molecule has 6 nitrogen and oxygen atoms in total. The summed E-state index contributed by atoms with van der Waals surface area (Å²) in [5.41, 5.74) is 0.840. The Morgan fingerprint density at radius 3 is 2.11 bits per heavy atom. The molecule has 0 saturated carbocycles. The lowest BCUT2D eigenvalue weighted by molar-refractivity contribution is -0.130. The molecule has 9 heavy (non-hydrogen) atoms. The van der Waals surface area contributed by atoms with E-state index < -0.39 is 19.7 Å². The van der Waals surface area contributed by atoms with Crippen LogP contribution >= 0.6 is 7.60 Å². The molecule has 0 aromatic carbocycles. The summed E-state index contributed by atoms with van der Waals surface area (Å²) in [5.74, 6) is -1.21. The van der Waals surface area contributed by atoms with Crippen molar-refractivity contribution in [1.82, 2.24) is 5.48 Å². The Hall–Kier alpha value is -0.420. The zero-order valence-corrected chi connectivity index (χ0v) is 5.17. The predicted molar refractivity (Wildman–Crippen MR) is 25.7 cm³/mol. The lowest BCUT2D eigenvalue weighted by Gasteiger charge is -1.98. The van der Waals surface area contributed by atoms with Crippen molar-refractivity contribution in [1.29, 1.82) is 0 Å². The second-order valence-electron chi connectivity index (χ2n) is 1.35. The van der Waals surface area contributed by atoms with Gasteiger partial charge in [0.1, 0.15) is 6.16 Å². The van der Waals surface area contributed by atoms with Crippen molar-refractivity contribution >= 4 is 13.5 Å². The number of nitrogens with one attached hydrogen (secondary N) is 1. The molecule has 0 aromatic heterocycles. The first-order chi connectivity index (χ1) is 3.95. The third-order valence-corrected chi connectivity index (χ3v) is 1.16. The van der Waals surface area contributed by atoms with Gasteiger partial charge in [0.25, 0.3) is 5.91 Å². The number of hydrogen-bond acceptors (Lipinski definition) is 2. The van der Waals surface area contributed by atoms with E-state index in [-0.39, 0.29) is 0 Å². The summed E-state index contributed by atoms with van der Waals surface area (Å²) in [7, 11) is -4.35. The van der Waals surface area contributed by atoms with Crippen LogP contribution < -0.4 is 5.48 Å². The summed E-state index contributed by atoms with van der Waals surface area (Å²) in [6.07, 6.45) is -1.05. The molecule has 0 unspecified atom stereocenters. The fourth-order valence-corrected chi connectivity index (χ4v) is 0.658. The van der Waals surface area contributed by atoms with E-state index >= 15 is 0 Å². The number of amides is 1. The lowest BCUT2D eigenvalue weighted by Crippen LogP contribution is -2.20. The summed E-state index contributed by atoms with van der Waals surface area (Å²) in [6, 6.07) is 0. The first-order valence-corrected chi connectivity index (χ1v) is 3.71. The summed E-state index contributed by atoms with van der Waals surface area (Å²) in [5, 5.41) is 9.36. The molecular weight excluding hydrogens is 149 g/mol. The van der Waals surface area contributed by atoms with Gasteiger partial charge in [0.2, 0.25) is 0 Å². The first kappa shape index (κ1) is 8.58. The van der Waals surface area contributed by atoms with Crippen LogP contribution in [0, 0.1) is 0 Å². The van der Waals surface area contributed by atoms with Gasteiger partial charge in [0.15, 0.2) is 0 Å². The Balaban J connectivity index is 3.75. The fraction of sp³-hybridized carbons (Fsp3) is 0.500. The van der Waals surface area contributed by atoms with Gasteiger partial charge < -0.3 is 9.79 Å². The van der Waals surface area contributed by atoms with E-state index in [9.17, 15) is 14.6 Å². The Morgan fingerprint density at radius 2 is 2.00 bits per heavy atom. The quantitative estimate of drug-likeness (QED) is 0.336. The summed E-state index contributed by atoms with van der Waals surface area (Å²) in [4.78, 5) is 26.0. The number of rotatable bonds is 2. The van der Waals surface area contributed by atoms with Crippen molar-refractivity contribution in [2.75, 3.05) is 6.16 Å². The molecule has 0 heterocycles. The second-order valence-corrected chi connectivity index (χ2v) is 2.99. The van der Waals surface area contributed by atoms with Crippen LogP contribution in [0.25, 0.3) is 0 Å². The van der Waals surface area contributed by atoms with Crippen LogP contribution in [-0.2, 0) is 14.6 Å². The molecule has 0 aromatic rings. The zero-order valence-electron chi connectivity index (χ0n) is 4.27. The van der Waals surface area contributed by atoms with Crippen molar-refractivity contribution in [3.05, 3.63) is 0 Å². The summed E-state index contributed by atoms with van der Waals surface area (Å²) < 4.78 is 9.90. The Morgan fingerprint density at radius 1 is 1.56 bits per heavy atom. The molecule has 0 aliphatic carbocycles. The van der Waals surface area contributed by atoms with Crippen molar-refractivity contribution < 1.29 is 24.4 Å². The Bertz CT molecular complexity index is 149. The molecule has 0 spiro atoms. The van der Waals surface area contributed by atoms with Crippen LogP contribution in [0.3, 0.4) is 0 Å². The van der Waals surface area contributed by atoms with Gasteiger partial charge in [-0.3, -0.25) is 9.36 Å². The van der Waals surface area contributed by atoms with Gasteiger partial charge >= 0.3 is 7.60 Å². The largest absolute Gasteiger partial charge is 0.334 e.